The number of aliphatic hydroxyl groups is 3. The second-order valence-corrected chi connectivity index (χ2v) is 26.3. The van der Waals surface area contributed by atoms with E-state index < -0.39 is 40.4 Å². The molecule has 2 aromatic carbocycles. The number of carbonyl (C=O) groups is 7. The van der Waals surface area contributed by atoms with Crippen molar-refractivity contribution in [3.63, 3.8) is 0 Å². The Morgan fingerprint density at radius 1 is 0.641 bits per heavy atom. The molecule has 3 N–H and O–H groups in total. The van der Waals surface area contributed by atoms with Crippen LogP contribution in [-0.4, -0.2) is 142 Å². The van der Waals surface area contributed by atoms with Crippen molar-refractivity contribution < 1.29 is 53.6 Å². The molecule has 92 heavy (non-hydrogen) atoms. The van der Waals surface area contributed by atoms with Crippen molar-refractivity contribution in [1.82, 2.24) is 30.0 Å². The molecule has 2 aromatic heterocycles. The van der Waals surface area contributed by atoms with Crippen LogP contribution in [0.5, 0.6) is 5.75 Å². The molecule has 0 saturated carbocycles. The number of aliphatic hydroxyl groups excluding tert-OH is 3. The fourth-order valence-electron chi connectivity index (χ4n) is 10.0. The smallest absolute Gasteiger partial charge is 0.290 e. The van der Waals surface area contributed by atoms with Crippen molar-refractivity contribution >= 4 is 80.7 Å². The lowest BCUT2D eigenvalue weighted by Crippen LogP contribution is -2.56. The molecule has 0 atom stereocenters. The Bertz CT molecular complexity index is 3400. The zero-order valence-corrected chi connectivity index (χ0v) is 58.7. The number of carbonyl (C=O) groups excluding carboxylic acids is 7. The molecular weight excluding hydrogens is 1210 g/mol. The third-order valence-corrected chi connectivity index (χ3v) is 17.2. The van der Waals surface area contributed by atoms with Crippen LogP contribution in [0.2, 0.25) is 0 Å². The van der Waals surface area contributed by atoms with Crippen molar-refractivity contribution in [2.75, 3.05) is 64.3 Å². The number of aryl methyl sites for hydroxylation is 1. The van der Waals surface area contributed by atoms with Gasteiger partial charge in [-0.25, -0.2) is 20.0 Å². The Morgan fingerprint density at radius 2 is 1.09 bits per heavy atom. The number of hydrazine groups is 2. The SMILES string of the molecule is CC1=C(C#N)C(=O)N(N(C)C(=O)C(C)(C)C)C(=O)C1.CCCCCCN(CCCC)c1nc(-c2c(CO)cccc2OC)c(C=O)s1.CCCCN(CCCC)c1nc(-c2c(C)cccc2CO)c(/C=C2\C(=O)N(N(C)C(=O)C(C)(C)C)C(=O)C(C#N)=C2C)s1.CO. The average molecular weight is 1310 g/mol. The Morgan fingerprint density at radius 3 is 1.54 bits per heavy atom. The van der Waals surface area contributed by atoms with Crippen LogP contribution >= 0.6 is 22.7 Å². The van der Waals surface area contributed by atoms with Crippen molar-refractivity contribution in [2.45, 2.75) is 174 Å². The summed E-state index contributed by atoms with van der Waals surface area (Å²) in [6.45, 7) is 27.2. The van der Waals surface area contributed by atoms with Gasteiger partial charge in [-0.1, -0.05) is 161 Å². The summed E-state index contributed by atoms with van der Waals surface area (Å²) in [5.74, 6) is -2.96. The number of thiazole rings is 2. The lowest BCUT2D eigenvalue weighted by Gasteiger charge is -2.36. The number of imide groups is 2. The molecule has 0 fully saturated rings. The van der Waals surface area contributed by atoms with Crippen molar-refractivity contribution in [1.29, 1.82) is 10.5 Å². The second kappa shape index (κ2) is 36.9. The molecule has 2 aliphatic rings. The van der Waals surface area contributed by atoms with Gasteiger partial charge < -0.3 is 29.9 Å². The number of aromatic nitrogens is 2. The van der Waals surface area contributed by atoms with Crippen LogP contribution < -0.4 is 14.5 Å². The number of ether oxygens (including phenoxy) is 1. The summed E-state index contributed by atoms with van der Waals surface area (Å²) in [6.07, 6.45) is 13.6. The summed E-state index contributed by atoms with van der Waals surface area (Å²) in [4.78, 5) is 104. The lowest BCUT2D eigenvalue weighted by molar-refractivity contribution is -0.173. The fourth-order valence-corrected chi connectivity index (χ4v) is 12.0. The number of nitriles is 2. The minimum absolute atomic E-state index is 0.0314. The highest BCUT2D eigenvalue weighted by Gasteiger charge is 2.43. The number of benzene rings is 2. The number of nitrogens with zero attached hydrogens (tertiary/aromatic N) is 10. The van der Waals surface area contributed by atoms with Crippen LogP contribution in [0, 0.1) is 40.4 Å². The molecule has 500 valence electrons. The first-order valence-electron chi connectivity index (χ1n) is 31.3. The summed E-state index contributed by atoms with van der Waals surface area (Å²) in [7, 11) is 5.32. The zero-order chi connectivity index (χ0) is 69.4. The summed E-state index contributed by atoms with van der Waals surface area (Å²) < 4.78 is 5.49. The number of anilines is 2. The van der Waals surface area contributed by atoms with Crippen LogP contribution in [0.4, 0.5) is 10.3 Å². The number of rotatable bonds is 25. The largest absolute Gasteiger partial charge is 0.496 e. The molecule has 0 unspecified atom stereocenters. The van der Waals surface area contributed by atoms with Crippen molar-refractivity contribution in [3.05, 3.63) is 90.7 Å². The van der Waals surface area contributed by atoms with Gasteiger partial charge in [0.25, 0.3) is 23.6 Å². The number of unbranched alkanes of at least 4 members (excludes halogenated alkanes) is 6. The van der Waals surface area contributed by atoms with E-state index in [2.05, 4.69) is 37.5 Å². The molecule has 4 heterocycles. The van der Waals surface area contributed by atoms with Gasteiger partial charge >= 0.3 is 0 Å². The van der Waals surface area contributed by atoms with E-state index in [0.717, 1.165) is 126 Å². The third-order valence-electron chi connectivity index (χ3n) is 15.1. The van der Waals surface area contributed by atoms with E-state index in [1.54, 1.807) is 74.6 Å². The van der Waals surface area contributed by atoms with Crippen LogP contribution in [-0.2, 0) is 42.0 Å². The van der Waals surface area contributed by atoms with E-state index in [1.807, 2.05) is 49.4 Å². The summed E-state index contributed by atoms with van der Waals surface area (Å²) in [5.41, 5.74) is 3.99. The minimum Gasteiger partial charge on any atom is -0.496 e. The maximum Gasteiger partial charge on any atom is 0.290 e. The van der Waals surface area contributed by atoms with Crippen LogP contribution in [0.1, 0.15) is 185 Å². The standard InChI is InChI=1S/C33H43N5O4S.C22H32N2O3S.C13H17N3O3.CH4O/c1-9-11-16-37(17-12-10-2)32-35-28(27-21(3)14-13-15-23(27)20-39)26(43-32)18-24-22(4)25(19-34)30(41)38(29(24)40)36(8)31(42)33(5,6)7;1-4-6-8-9-14-24(13-7-5-2)22-23-21(19(16-26)28-22)20-17(15-25)11-10-12-18(20)27-3;1-8-6-10(17)16(11(18)9(8)7-14)15(5)12(19)13(2,3)4;1-2/h13-15,18,39H,9-12,16-17,20H2,1-8H3;10-12,16,25H,4-9,13-15H2,1-3H3;6H2,1-5H3;2H,1H3/b24-18-;;;. The topological polar surface area (TPSA) is 282 Å². The average Bonchev–Trinajstić information content (AvgIpc) is 1.39. The summed E-state index contributed by atoms with van der Waals surface area (Å²) in [6, 6.07) is 14.9. The van der Waals surface area contributed by atoms with E-state index in [1.165, 1.54) is 56.0 Å². The van der Waals surface area contributed by atoms with Crippen LogP contribution in [0.3, 0.4) is 0 Å². The summed E-state index contributed by atoms with van der Waals surface area (Å²) in [5, 5.41) is 51.1. The minimum atomic E-state index is -0.867. The van der Waals surface area contributed by atoms with Gasteiger partial charge in [-0.05, 0) is 86.4 Å². The van der Waals surface area contributed by atoms with Gasteiger partial charge in [0.05, 0.1) is 47.9 Å². The van der Waals surface area contributed by atoms with Crippen LogP contribution in [0.25, 0.3) is 28.6 Å². The van der Waals surface area contributed by atoms with Gasteiger partial charge in [0, 0.05) is 74.9 Å². The number of amides is 6. The number of hydrogen-bond donors (Lipinski definition) is 3. The highest BCUT2D eigenvalue weighted by atomic mass is 32.1. The Labute approximate surface area is 552 Å². The molecule has 21 nitrogen and oxygen atoms in total. The number of hydrogen-bond acceptors (Lipinski definition) is 19. The Balaban J connectivity index is 0.000000386. The summed E-state index contributed by atoms with van der Waals surface area (Å²) >= 11 is 2.86. The molecule has 2 aliphatic heterocycles. The highest BCUT2D eigenvalue weighted by molar-refractivity contribution is 7.17. The molecule has 4 aromatic rings. The lowest BCUT2D eigenvalue weighted by atomic mass is 9.93. The molecule has 0 spiro atoms. The first kappa shape index (κ1) is 78.3. The van der Waals surface area contributed by atoms with Crippen LogP contribution in [0.15, 0.2) is 64.3 Å². The monoisotopic (exact) mass is 1300 g/mol. The molecule has 0 saturated heterocycles. The maximum atomic E-state index is 14.0. The van der Waals surface area contributed by atoms with E-state index in [9.17, 15) is 49.0 Å². The molecule has 0 bridgehead atoms. The predicted molar refractivity (Wildman–Crippen MR) is 362 cm³/mol. The van der Waals surface area contributed by atoms with Crippen molar-refractivity contribution in [3.8, 4) is 40.4 Å². The molecule has 23 heteroatoms. The van der Waals surface area contributed by atoms with Gasteiger partial charge in [-0.15, -0.1) is 0 Å². The van der Waals surface area contributed by atoms with Gasteiger partial charge in [0.1, 0.15) is 29.0 Å². The third kappa shape index (κ3) is 19.6. The molecule has 6 amide bonds. The van der Waals surface area contributed by atoms with E-state index in [0.29, 0.717) is 49.2 Å². The maximum absolute atomic E-state index is 14.0. The normalized spacial score (nSPS) is 13.7. The van der Waals surface area contributed by atoms with E-state index in [-0.39, 0.29) is 47.8 Å². The first-order valence-corrected chi connectivity index (χ1v) is 32.9. The van der Waals surface area contributed by atoms with E-state index >= 15 is 0 Å². The second-order valence-electron chi connectivity index (χ2n) is 24.3. The van der Waals surface area contributed by atoms with Gasteiger partial charge in [-0.3, -0.25) is 33.6 Å². The fraction of sp³-hybridized carbons (Fsp3) is 0.522. The Kier molecular flexibility index (Phi) is 31.4. The number of methoxy groups -OCH3 is 1. The van der Waals surface area contributed by atoms with Crippen molar-refractivity contribution in [2.24, 2.45) is 10.8 Å². The number of aldehydes is 1. The van der Waals surface area contributed by atoms with E-state index in [4.69, 9.17) is 25.1 Å². The molecule has 0 aliphatic carbocycles. The molecular formula is C69H96N10O11S2. The van der Waals surface area contributed by atoms with Gasteiger partial charge in [0.2, 0.25) is 11.8 Å². The quantitative estimate of drug-likeness (QED) is 0.0241. The first-order chi connectivity index (χ1) is 43.6. The molecule has 0 radical (unpaired) electrons. The highest BCUT2D eigenvalue weighted by Crippen LogP contribution is 2.42. The Hall–Kier alpha value is -7.93. The predicted octanol–water partition coefficient (Wildman–Crippen LogP) is 12.0. The van der Waals surface area contributed by atoms with Gasteiger partial charge in [-0.2, -0.15) is 20.5 Å². The van der Waals surface area contributed by atoms with Gasteiger partial charge in [0.15, 0.2) is 16.5 Å². The molecule has 6 rings (SSSR count). The zero-order valence-electron chi connectivity index (χ0n) is 57.0.